The molecule has 0 saturated carbocycles. The molecule has 0 aliphatic rings. The molecular formula is C12H24O5. The van der Waals surface area contributed by atoms with Gasteiger partial charge in [-0.15, -0.1) is 0 Å². The SMILES string of the molecule is CCOC(OCC)(OCC)C(=O)OC(C)(C)C. The van der Waals surface area contributed by atoms with Crippen LogP contribution in [0.1, 0.15) is 41.5 Å². The van der Waals surface area contributed by atoms with E-state index in [-0.39, 0.29) is 0 Å². The second-order valence-corrected chi connectivity index (χ2v) is 4.36. The van der Waals surface area contributed by atoms with Crippen molar-refractivity contribution >= 4 is 5.97 Å². The molecule has 0 rings (SSSR count). The fourth-order valence-corrected chi connectivity index (χ4v) is 1.21. The lowest BCUT2D eigenvalue weighted by Crippen LogP contribution is -2.50. The second-order valence-electron chi connectivity index (χ2n) is 4.36. The monoisotopic (exact) mass is 248 g/mol. The summed E-state index contributed by atoms with van der Waals surface area (Å²) in [4.78, 5) is 12.1. The quantitative estimate of drug-likeness (QED) is 0.510. The lowest BCUT2D eigenvalue weighted by molar-refractivity contribution is -0.363. The van der Waals surface area contributed by atoms with Crippen molar-refractivity contribution in [3.8, 4) is 0 Å². The molecule has 0 aliphatic carbocycles. The predicted molar refractivity (Wildman–Crippen MR) is 63.5 cm³/mol. The molecule has 0 aromatic carbocycles. The smallest absolute Gasteiger partial charge is 0.398 e. The van der Waals surface area contributed by atoms with Crippen LogP contribution in [0.25, 0.3) is 0 Å². The maximum absolute atomic E-state index is 12.1. The van der Waals surface area contributed by atoms with Crippen molar-refractivity contribution < 1.29 is 23.7 Å². The Kier molecular flexibility index (Phi) is 6.67. The molecule has 0 unspecified atom stereocenters. The number of hydrogen-bond acceptors (Lipinski definition) is 5. The highest BCUT2D eigenvalue weighted by Gasteiger charge is 2.45. The summed E-state index contributed by atoms with van der Waals surface area (Å²) < 4.78 is 21.1. The van der Waals surface area contributed by atoms with E-state index in [1.807, 2.05) is 0 Å². The van der Waals surface area contributed by atoms with Gasteiger partial charge in [0, 0.05) is 0 Å². The lowest BCUT2D eigenvalue weighted by atomic mass is 10.2. The van der Waals surface area contributed by atoms with Gasteiger partial charge in [-0.3, -0.25) is 0 Å². The Morgan fingerprint density at radius 3 is 1.47 bits per heavy atom. The van der Waals surface area contributed by atoms with E-state index in [9.17, 15) is 4.79 Å². The average molecular weight is 248 g/mol. The number of esters is 1. The summed E-state index contributed by atoms with van der Waals surface area (Å²) in [5, 5.41) is 0. The van der Waals surface area contributed by atoms with Crippen molar-refractivity contribution in [3.63, 3.8) is 0 Å². The molecule has 0 spiro atoms. The van der Waals surface area contributed by atoms with Gasteiger partial charge in [-0.05, 0) is 41.5 Å². The number of carbonyl (C=O) groups excluding carboxylic acids is 1. The van der Waals surface area contributed by atoms with Gasteiger partial charge in [0.2, 0.25) is 0 Å². The molecule has 0 heterocycles. The van der Waals surface area contributed by atoms with Gasteiger partial charge in [0.1, 0.15) is 5.60 Å². The molecule has 5 heteroatoms. The van der Waals surface area contributed by atoms with Crippen LogP contribution in [0.15, 0.2) is 0 Å². The molecule has 0 atom stereocenters. The molecule has 0 radical (unpaired) electrons. The first-order valence-electron chi connectivity index (χ1n) is 5.96. The van der Waals surface area contributed by atoms with E-state index in [1.54, 1.807) is 41.5 Å². The van der Waals surface area contributed by atoms with Gasteiger partial charge < -0.3 is 18.9 Å². The third-order valence-corrected chi connectivity index (χ3v) is 1.65. The van der Waals surface area contributed by atoms with Crippen LogP contribution in [0.3, 0.4) is 0 Å². The summed E-state index contributed by atoms with van der Waals surface area (Å²) in [5.41, 5.74) is -0.617. The zero-order valence-electron chi connectivity index (χ0n) is 11.7. The van der Waals surface area contributed by atoms with Gasteiger partial charge in [0.25, 0.3) is 0 Å². The van der Waals surface area contributed by atoms with Crippen LogP contribution in [0.4, 0.5) is 0 Å². The molecule has 0 aliphatic heterocycles. The number of hydrogen-bond donors (Lipinski definition) is 0. The van der Waals surface area contributed by atoms with Gasteiger partial charge in [0.05, 0.1) is 19.8 Å². The minimum absolute atomic E-state index is 0.291. The first-order valence-corrected chi connectivity index (χ1v) is 5.96. The molecule has 17 heavy (non-hydrogen) atoms. The number of rotatable bonds is 7. The van der Waals surface area contributed by atoms with E-state index >= 15 is 0 Å². The highest BCUT2D eigenvalue weighted by atomic mass is 16.9. The van der Waals surface area contributed by atoms with E-state index in [0.717, 1.165) is 0 Å². The Labute approximate surface area is 103 Å². The summed E-state index contributed by atoms with van der Waals surface area (Å²) in [6.45, 7) is 11.5. The van der Waals surface area contributed by atoms with Crippen LogP contribution >= 0.6 is 0 Å². The van der Waals surface area contributed by atoms with Gasteiger partial charge in [-0.25, -0.2) is 4.79 Å². The van der Waals surface area contributed by atoms with Crippen LogP contribution in [-0.2, 0) is 23.7 Å². The van der Waals surface area contributed by atoms with E-state index in [2.05, 4.69) is 0 Å². The Balaban J connectivity index is 4.91. The third kappa shape index (κ3) is 5.48. The molecule has 0 aromatic heterocycles. The van der Waals surface area contributed by atoms with Gasteiger partial charge in [0.15, 0.2) is 0 Å². The van der Waals surface area contributed by atoms with Gasteiger partial charge >= 0.3 is 11.9 Å². The Hall–Kier alpha value is -0.650. The van der Waals surface area contributed by atoms with Crippen LogP contribution in [0.5, 0.6) is 0 Å². The first-order chi connectivity index (χ1) is 7.81. The van der Waals surface area contributed by atoms with E-state index < -0.39 is 17.5 Å². The number of ether oxygens (including phenoxy) is 4. The average Bonchev–Trinajstić information content (AvgIpc) is 2.16. The van der Waals surface area contributed by atoms with Gasteiger partial charge in [-0.2, -0.15) is 0 Å². The van der Waals surface area contributed by atoms with Crippen molar-refractivity contribution in [2.24, 2.45) is 0 Å². The molecule has 0 fully saturated rings. The summed E-state index contributed by atoms with van der Waals surface area (Å²) in [6, 6.07) is 0. The van der Waals surface area contributed by atoms with Crippen molar-refractivity contribution in [1.29, 1.82) is 0 Å². The standard InChI is InChI=1S/C12H24O5/c1-7-14-12(15-8-2,16-9-3)10(13)17-11(4,5)6/h7-9H2,1-6H3. The minimum atomic E-state index is -1.74. The zero-order valence-corrected chi connectivity index (χ0v) is 11.7. The molecule has 0 N–H and O–H groups in total. The zero-order chi connectivity index (χ0) is 13.5. The van der Waals surface area contributed by atoms with Crippen molar-refractivity contribution in [2.75, 3.05) is 19.8 Å². The highest BCUT2D eigenvalue weighted by molar-refractivity contribution is 5.76. The Morgan fingerprint density at radius 1 is 0.882 bits per heavy atom. The Bertz CT molecular complexity index is 215. The van der Waals surface area contributed by atoms with Crippen LogP contribution in [0.2, 0.25) is 0 Å². The molecular weight excluding hydrogens is 224 g/mol. The highest BCUT2D eigenvalue weighted by Crippen LogP contribution is 2.21. The lowest BCUT2D eigenvalue weighted by Gasteiger charge is -2.32. The topological polar surface area (TPSA) is 54.0 Å². The van der Waals surface area contributed by atoms with Crippen LogP contribution < -0.4 is 0 Å². The molecule has 5 nitrogen and oxygen atoms in total. The maximum Gasteiger partial charge on any atom is 0.398 e. The van der Waals surface area contributed by atoms with Crippen molar-refractivity contribution in [1.82, 2.24) is 0 Å². The summed E-state index contributed by atoms with van der Waals surface area (Å²) in [6.07, 6.45) is 0. The van der Waals surface area contributed by atoms with E-state index in [4.69, 9.17) is 18.9 Å². The summed E-state index contributed by atoms with van der Waals surface area (Å²) in [5.74, 6) is -2.40. The van der Waals surface area contributed by atoms with Crippen molar-refractivity contribution in [2.45, 2.75) is 53.1 Å². The second kappa shape index (κ2) is 6.93. The van der Waals surface area contributed by atoms with E-state index in [1.165, 1.54) is 0 Å². The fraction of sp³-hybridized carbons (Fsp3) is 0.917. The summed E-state index contributed by atoms with van der Waals surface area (Å²) >= 11 is 0. The van der Waals surface area contributed by atoms with Gasteiger partial charge in [-0.1, -0.05) is 0 Å². The molecule has 0 bridgehead atoms. The molecule has 0 amide bonds. The van der Waals surface area contributed by atoms with Crippen LogP contribution in [0, 0.1) is 0 Å². The predicted octanol–water partition coefficient (Wildman–Crippen LogP) is 2.09. The maximum atomic E-state index is 12.1. The fourth-order valence-electron chi connectivity index (χ4n) is 1.21. The molecule has 0 aromatic rings. The largest absolute Gasteiger partial charge is 0.454 e. The van der Waals surface area contributed by atoms with Crippen LogP contribution in [-0.4, -0.2) is 37.4 Å². The first kappa shape index (κ1) is 16.4. The molecule has 102 valence electrons. The van der Waals surface area contributed by atoms with E-state index in [0.29, 0.717) is 19.8 Å². The number of carbonyl (C=O) groups is 1. The molecule has 0 saturated heterocycles. The Morgan fingerprint density at radius 2 is 1.24 bits per heavy atom. The third-order valence-electron chi connectivity index (χ3n) is 1.65. The summed E-state index contributed by atoms with van der Waals surface area (Å²) in [7, 11) is 0. The minimum Gasteiger partial charge on any atom is -0.454 e. The van der Waals surface area contributed by atoms with Crippen molar-refractivity contribution in [3.05, 3.63) is 0 Å². The normalized spacial score (nSPS) is 12.6.